The zero-order chi connectivity index (χ0) is 17.0. The number of carbonyl (C=O) groups excluding carboxylic acids is 1. The lowest BCUT2D eigenvalue weighted by molar-refractivity contribution is -0.161. The van der Waals surface area contributed by atoms with Gasteiger partial charge in [-0.2, -0.15) is 17.6 Å². The summed E-state index contributed by atoms with van der Waals surface area (Å²) in [5.74, 6) is -5.57. The van der Waals surface area contributed by atoms with Crippen LogP contribution >= 0.6 is 0 Å². The van der Waals surface area contributed by atoms with E-state index in [0.29, 0.717) is 0 Å². The number of rotatable bonds is 8. The average molecular weight is 346 g/mol. The third-order valence-corrected chi connectivity index (χ3v) is 3.96. The molecule has 0 radical (unpaired) electrons. The third-order valence-electron chi connectivity index (χ3n) is 2.73. The van der Waals surface area contributed by atoms with E-state index in [0.717, 1.165) is 0 Å². The van der Waals surface area contributed by atoms with E-state index in [1.807, 2.05) is 0 Å². The predicted octanol–water partition coefficient (Wildman–Crippen LogP) is 2.88. The van der Waals surface area contributed by atoms with Crippen LogP contribution in [0.3, 0.4) is 0 Å². The van der Waals surface area contributed by atoms with E-state index in [1.54, 1.807) is 0 Å². The van der Waals surface area contributed by atoms with Gasteiger partial charge < -0.3 is 9.15 Å². The largest absolute Gasteiger partial charge is 0.460 e. The summed E-state index contributed by atoms with van der Waals surface area (Å²) in [7, 11) is -5.23. The molecule has 0 saturated heterocycles. The number of unbranched alkanes of at least 4 members (excludes halogenated alkanes) is 1. The average Bonchev–Trinajstić information content (AvgIpc) is 2.90. The fourth-order valence-electron chi connectivity index (χ4n) is 1.50. The molecule has 1 aromatic heterocycles. The molecule has 0 aromatic carbocycles. The Labute approximate surface area is 124 Å². The molecule has 1 heterocycles. The van der Waals surface area contributed by atoms with E-state index in [2.05, 4.69) is 4.74 Å². The van der Waals surface area contributed by atoms with Crippen molar-refractivity contribution < 1.29 is 39.9 Å². The molecule has 1 aromatic rings. The van der Waals surface area contributed by atoms with Gasteiger partial charge >= 0.3 is 17.1 Å². The number of ether oxygens (including phenoxy) is 1. The lowest BCUT2D eigenvalue weighted by Gasteiger charge is -2.24. The molecular weight excluding hydrogens is 332 g/mol. The van der Waals surface area contributed by atoms with Crippen LogP contribution in [0.25, 0.3) is 0 Å². The van der Waals surface area contributed by atoms with Gasteiger partial charge in [0.15, 0.2) is 0 Å². The minimum absolute atomic E-state index is 0.0477. The normalized spacial score (nSPS) is 13.1. The number of hydrogen-bond acceptors (Lipinski definition) is 5. The van der Waals surface area contributed by atoms with Crippen molar-refractivity contribution in [3.63, 3.8) is 0 Å². The number of hydrogen-bond donors (Lipinski definition) is 0. The maximum absolute atomic E-state index is 13.3. The molecular formula is C12H14F4O5S. The topological polar surface area (TPSA) is 73.6 Å². The van der Waals surface area contributed by atoms with Gasteiger partial charge in [0.1, 0.15) is 0 Å². The summed E-state index contributed by atoms with van der Waals surface area (Å²) in [6, 6.07) is 2.79. The lowest BCUT2D eigenvalue weighted by atomic mass is 10.1. The minimum Gasteiger partial charge on any atom is -0.460 e. The summed E-state index contributed by atoms with van der Waals surface area (Å²) in [4.78, 5) is 11.3. The Bertz CT molecular complexity index is 595. The van der Waals surface area contributed by atoms with E-state index in [9.17, 15) is 30.8 Å². The van der Waals surface area contributed by atoms with Crippen molar-refractivity contribution >= 4 is 15.8 Å². The van der Waals surface area contributed by atoms with Gasteiger partial charge in [-0.25, -0.2) is 13.2 Å². The lowest BCUT2D eigenvalue weighted by Crippen LogP contribution is -2.46. The molecule has 10 heteroatoms. The van der Waals surface area contributed by atoms with Crippen LogP contribution < -0.4 is 0 Å². The first kappa shape index (κ1) is 18.5. The summed E-state index contributed by atoms with van der Waals surface area (Å²) in [6.07, 6.45) is -0.618. The predicted molar refractivity (Wildman–Crippen MR) is 67.6 cm³/mol. The Hall–Kier alpha value is -1.58. The highest BCUT2D eigenvalue weighted by molar-refractivity contribution is 7.91. The number of carbonyl (C=O) groups is 1. The molecule has 0 aliphatic rings. The molecule has 0 saturated carbocycles. The van der Waals surface area contributed by atoms with E-state index in [-0.39, 0.29) is 25.0 Å². The number of esters is 1. The maximum Gasteiger partial charge on any atom is 0.406 e. The van der Waals surface area contributed by atoms with Gasteiger partial charge in [-0.05, 0) is 25.0 Å². The molecule has 1 rings (SSSR count). The SMILES string of the molecule is CS(=O)(=O)C(F)(F)C(F)(F)CCCCOC(=O)c1ccco1. The van der Waals surface area contributed by atoms with Crippen LogP contribution in [-0.4, -0.2) is 38.4 Å². The van der Waals surface area contributed by atoms with E-state index in [4.69, 9.17) is 4.42 Å². The van der Waals surface area contributed by atoms with Crippen molar-refractivity contribution in [2.45, 2.75) is 30.4 Å². The van der Waals surface area contributed by atoms with Crippen molar-refractivity contribution in [2.24, 2.45) is 0 Å². The minimum atomic E-state index is -5.23. The summed E-state index contributed by atoms with van der Waals surface area (Å²) < 4.78 is 83.5. The molecule has 5 nitrogen and oxygen atoms in total. The van der Waals surface area contributed by atoms with Crippen LogP contribution in [0.15, 0.2) is 22.8 Å². The molecule has 0 amide bonds. The number of furan rings is 1. The Kier molecular flexibility index (Phi) is 5.60. The van der Waals surface area contributed by atoms with Crippen molar-refractivity contribution in [1.82, 2.24) is 0 Å². The zero-order valence-electron chi connectivity index (χ0n) is 11.5. The molecule has 0 fully saturated rings. The first-order valence-corrected chi connectivity index (χ1v) is 8.04. The second kappa shape index (κ2) is 6.67. The molecule has 126 valence electrons. The number of halogens is 4. The van der Waals surface area contributed by atoms with Gasteiger partial charge in [0.2, 0.25) is 15.6 Å². The van der Waals surface area contributed by atoms with Gasteiger partial charge in [0.05, 0.1) is 12.9 Å². The first-order chi connectivity index (χ1) is 9.99. The maximum atomic E-state index is 13.3. The Balaban J connectivity index is 2.39. The van der Waals surface area contributed by atoms with Crippen LogP contribution in [0.4, 0.5) is 17.6 Å². The van der Waals surface area contributed by atoms with Crippen molar-refractivity contribution in [1.29, 1.82) is 0 Å². The van der Waals surface area contributed by atoms with Crippen LogP contribution in [-0.2, 0) is 14.6 Å². The molecule has 0 spiro atoms. The first-order valence-electron chi connectivity index (χ1n) is 6.15. The van der Waals surface area contributed by atoms with Gasteiger partial charge in [0.25, 0.3) is 0 Å². The quantitative estimate of drug-likeness (QED) is 0.411. The van der Waals surface area contributed by atoms with E-state index in [1.165, 1.54) is 18.4 Å². The Morgan fingerprint density at radius 2 is 1.91 bits per heavy atom. The summed E-state index contributed by atoms with van der Waals surface area (Å²) in [5, 5.41) is -5.13. The van der Waals surface area contributed by atoms with Gasteiger partial charge in [-0.3, -0.25) is 0 Å². The Morgan fingerprint density at radius 3 is 2.41 bits per heavy atom. The highest BCUT2D eigenvalue weighted by Gasteiger charge is 2.62. The van der Waals surface area contributed by atoms with Crippen molar-refractivity contribution in [2.75, 3.05) is 12.9 Å². The van der Waals surface area contributed by atoms with Crippen molar-refractivity contribution in [3.05, 3.63) is 24.2 Å². The molecule has 0 aliphatic carbocycles. The molecule has 0 bridgehead atoms. The second-order valence-electron chi connectivity index (χ2n) is 4.56. The molecule has 22 heavy (non-hydrogen) atoms. The molecule has 0 unspecified atom stereocenters. The highest BCUT2D eigenvalue weighted by atomic mass is 32.2. The third kappa shape index (κ3) is 4.21. The molecule has 0 N–H and O–H groups in total. The van der Waals surface area contributed by atoms with Crippen LogP contribution in [0, 0.1) is 0 Å². The fourth-order valence-corrected chi connectivity index (χ4v) is 2.14. The van der Waals surface area contributed by atoms with Crippen LogP contribution in [0.1, 0.15) is 29.8 Å². The van der Waals surface area contributed by atoms with Gasteiger partial charge in [-0.15, -0.1) is 0 Å². The van der Waals surface area contributed by atoms with Crippen LogP contribution in [0.5, 0.6) is 0 Å². The van der Waals surface area contributed by atoms with Gasteiger partial charge in [0, 0.05) is 12.7 Å². The molecule has 0 aliphatic heterocycles. The second-order valence-corrected chi connectivity index (χ2v) is 6.62. The van der Waals surface area contributed by atoms with E-state index < -0.39 is 39.8 Å². The monoisotopic (exact) mass is 346 g/mol. The van der Waals surface area contributed by atoms with Gasteiger partial charge in [-0.1, -0.05) is 0 Å². The number of sulfone groups is 1. The zero-order valence-corrected chi connectivity index (χ0v) is 12.3. The van der Waals surface area contributed by atoms with E-state index >= 15 is 0 Å². The summed E-state index contributed by atoms with van der Waals surface area (Å²) in [6.45, 7) is -0.278. The van der Waals surface area contributed by atoms with Crippen LogP contribution in [0.2, 0.25) is 0 Å². The summed E-state index contributed by atoms with van der Waals surface area (Å²) >= 11 is 0. The fraction of sp³-hybridized carbons (Fsp3) is 0.583. The standard InChI is InChI=1S/C12H14F4O5S/c1-22(18,19)12(15,16)11(13,14)6-2-3-7-21-10(17)9-5-4-8-20-9/h4-5,8H,2-3,6-7H2,1H3. The Morgan fingerprint density at radius 1 is 1.27 bits per heavy atom. The summed E-state index contributed by atoms with van der Waals surface area (Å²) in [5.41, 5.74) is 0. The smallest absolute Gasteiger partial charge is 0.406 e. The molecule has 0 atom stereocenters. The highest BCUT2D eigenvalue weighted by Crippen LogP contribution is 2.41. The number of alkyl halides is 4. The van der Waals surface area contributed by atoms with Crippen molar-refractivity contribution in [3.8, 4) is 0 Å².